The van der Waals surface area contributed by atoms with Gasteiger partial charge in [0.2, 0.25) is 5.91 Å². The number of benzene rings is 3. The Hall–Kier alpha value is -3.73. The first-order valence-electron chi connectivity index (χ1n) is 10.2. The van der Waals surface area contributed by atoms with E-state index in [0.717, 1.165) is 16.7 Å². The molecule has 0 aliphatic heterocycles. The average Bonchev–Trinajstić information content (AvgIpc) is 2.83. The Morgan fingerprint density at radius 2 is 1.35 bits per heavy atom. The summed E-state index contributed by atoms with van der Waals surface area (Å²) in [5, 5.41) is 2.69. The molecule has 3 aromatic rings. The van der Waals surface area contributed by atoms with Crippen LogP contribution in [0.4, 0.5) is 0 Å². The summed E-state index contributed by atoms with van der Waals surface area (Å²) >= 11 is 0. The number of methoxy groups -OCH3 is 1. The Balaban J connectivity index is 1.55. The number of nitrogens with one attached hydrogen (secondary N) is 1. The number of ether oxygens (including phenoxy) is 1. The van der Waals surface area contributed by atoms with Gasteiger partial charge in [0.25, 0.3) is 0 Å². The zero-order valence-corrected chi connectivity index (χ0v) is 17.4. The van der Waals surface area contributed by atoms with Crippen LogP contribution in [0, 0.1) is 0 Å². The molecule has 3 aromatic carbocycles. The second kappa shape index (κ2) is 10.9. The van der Waals surface area contributed by atoms with Crippen molar-refractivity contribution in [3.63, 3.8) is 0 Å². The minimum Gasteiger partial charge on any atom is -0.467 e. The predicted molar refractivity (Wildman–Crippen MR) is 120 cm³/mol. The normalized spacial score (nSPS) is 11.4. The first-order chi connectivity index (χ1) is 15.1. The van der Waals surface area contributed by atoms with Crippen LogP contribution in [0.3, 0.4) is 0 Å². The molecule has 0 bridgehead atoms. The van der Waals surface area contributed by atoms with Gasteiger partial charge >= 0.3 is 5.97 Å². The fraction of sp³-hybridized carbons (Fsp3) is 0.192. The monoisotopic (exact) mass is 415 g/mol. The molecule has 31 heavy (non-hydrogen) atoms. The summed E-state index contributed by atoms with van der Waals surface area (Å²) in [6.45, 7) is 0. The van der Waals surface area contributed by atoms with Crippen molar-refractivity contribution in [2.75, 3.05) is 7.11 Å². The molecule has 0 saturated carbocycles. The quantitative estimate of drug-likeness (QED) is 0.420. The molecule has 0 fully saturated rings. The molecule has 3 rings (SSSR count). The molecular formula is C26H25NO4. The summed E-state index contributed by atoms with van der Waals surface area (Å²) < 4.78 is 4.81. The van der Waals surface area contributed by atoms with Gasteiger partial charge in [0, 0.05) is 24.8 Å². The second-order valence-corrected chi connectivity index (χ2v) is 7.20. The van der Waals surface area contributed by atoms with Crippen LogP contribution in [0.5, 0.6) is 0 Å². The van der Waals surface area contributed by atoms with E-state index in [1.54, 1.807) is 12.1 Å². The fourth-order valence-electron chi connectivity index (χ4n) is 3.30. The highest BCUT2D eigenvalue weighted by atomic mass is 16.5. The van der Waals surface area contributed by atoms with Gasteiger partial charge in [-0.2, -0.15) is 0 Å². The minimum atomic E-state index is -0.792. The summed E-state index contributed by atoms with van der Waals surface area (Å²) in [6.07, 6.45) is 0.394. The second-order valence-electron chi connectivity index (χ2n) is 7.20. The zero-order chi connectivity index (χ0) is 22.1. The van der Waals surface area contributed by atoms with E-state index in [4.69, 9.17) is 4.74 Å². The lowest BCUT2D eigenvalue weighted by Gasteiger charge is -2.16. The molecule has 1 atom stereocenters. The lowest BCUT2D eigenvalue weighted by Crippen LogP contribution is -2.43. The number of ketones is 1. The van der Waals surface area contributed by atoms with E-state index in [-0.39, 0.29) is 24.5 Å². The van der Waals surface area contributed by atoms with Crippen molar-refractivity contribution >= 4 is 17.7 Å². The molecule has 0 saturated heterocycles. The maximum absolute atomic E-state index is 12.5. The number of carbonyl (C=O) groups is 3. The van der Waals surface area contributed by atoms with Crippen LogP contribution in [0.25, 0.3) is 11.1 Å². The Kier molecular flexibility index (Phi) is 7.71. The number of hydrogen-bond donors (Lipinski definition) is 1. The topological polar surface area (TPSA) is 72.5 Å². The van der Waals surface area contributed by atoms with Crippen molar-refractivity contribution in [2.45, 2.75) is 25.3 Å². The molecule has 1 N–H and O–H groups in total. The van der Waals surface area contributed by atoms with Gasteiger partial charge in [-0.25, -0.2) is 4.79 Å². The molecule has 5 heteroatoms. The highest BCUT2D eigenvalue weighted by molar-refractivity contribution is 5.98. The van der Waals surface area contributed by atoms with E-state index in [2.05, 4.69) is 5.32 Å². The van der Waals surface area contributed by atoms with Crippen molar-refractivity contribution < 1.29 is 19.1 Å². The Morgan fingerprint density at radius 3 is 1.97 bits per heavy atom. The maximum atomic E-state index is 12.5. The standard InChI is InChI=1S/C26H25NO4/c1-31-26(30)23(18-19-8-4-2-5-9-19)27-25(29)17-16-24(28)22-14-12-21(13-15-22)20-10-6-3-7-11-20/h2-15,23H,16-18H2,1H3,(H,27,29)/t23-/m1/s1. The number of carbonyl (C=O) groups excluding carboxylic acids is 3. The van der Waals surface area contributed by atoms with Crippen LogP contribution >= 0.6 is 0 Å². The number of hydrogen-bond acceptors (Lipinski definition) is 4. The average molecular weight is 415 g/mol. The van der Waals surface area contributed by atoms with E-state index in [1.807, 2.05) is 72.8 Å². The lowest BCUT2D eigenvalue weighted by atomic mass is 10.0. The van der Waals surface area contributed by atoms with E-state index in [0.29, 0.717) is 12.0 Å². The van der Waals surface area contributed by atoms with Crippen molar-refractivity contribution in [1.82, 2.24) is 5.32 Å². The summed E-state index contributed by atoms with van der Waals surface area (Å²) in [7, 11) is 1.29. The van der Waals surface area contributed by atoms with Crippen molar-refractivity contribution in [3.8, 4) is 11.1 Å². The molecule has 0 aromatic heterocycles. The van der Waals surface area contributed by atoms with Gasteiger partial charge in [-0.1, -0.05) is 84.9 Å². The molecule has 0 spiro atoms. The summed E-state index contributed by atoms with van der Waals surface area (Å²) in [4.78, 5) is 36.9. The number of rotatable bonds is 9. The third kappa shape index (κ3) is 6.37. The van der Waals surface area contributed by atoms with Crippen molar-refractivity contribution in [2.24, 2.45) is 0 Å². The molecule has 158 valence electrons. The van der Waals surface area contributed by atoms with Gasteiger partial charge in [0.05, 0.1) is 7.11 Å². The van der Waals surface area contributed by atoms with Crippen molar-refractivity contribution in [1.29, 1.82) is 0 Å². The fourth-order valence-corrected chi connectivity index (χ4v) is 3.30. The van der Waals surface area contributed by atoms with Crippen molar-refractivity contribution in [3.05, 3.63) is 96.1 Å². The van der Waals surface area contributed by atoms with Gasteiger partial charge in [-0.3, -0.25) is 9.59 Å². The van der Waals surface area contributed by atoms with E-state index in [9.17, 15) is 14.4 Å². The highest BCUT2D eigenvalue weighted by Gasteiger charge is 2.22. The van der Waals surface area contributed by atoms with Gasteiger partial charge in [-0.05, 0) is 16.7 Å². The Morgan fingerprint density at radius 1 is 0.774 bits per heavy atom. The molecule has 0 unspecified atom stereocenters. The smallest absolute Gasteiger partial charge is 0.328 e. The van der Waals surface area contributed by atoms with Crippen LogP contribution in [0.2, 0.25) is 0 Å². The third-order valence-electron chi connectivity index (χ3n) is 5.00. The highest BCUT2D eigenvalue weighted by Crippen LogP contribution is 2.20. The molecule has 0 radical (unpaired) electrons. The Labute approximate surface area is 182 Å². The van der Waals surface area contributed by atoms with Crippen LogP contribution < -0.4 is 5.32 Å². The molecule has 1 amide bonds. The lowest BCUT2D eigenvalue weighted by molar-refractivity contribution is -0.145. The molecular weight excluding hydrogens is 390 g/mol. The van der Waals surface area contributed by atoms with Gasteiger partial charge < -0.3 is 10.1 Å². The van der Waals surface area contributed by atoms with Crippen LogP contribution in [-0.4, -0.2) is 30.8 Å². The number of esters is 1. The number of amides is 1. The van der Waals surface area contributed by atoms with Crippen LogP contribution in [0.1, 0.15) is 28.8 Å². The first-order valence-corrected chi connectivity index (χ1v) is 10.2. The first kappa shape index (κ1) is 22.0. The van der Waals surface area contributed by atoms with Gasteiger partial charge in [-0.15, -0.1) is 0 Å². The number of Topliss-reactive ketones (excluding diaryl/α,β-unsaturated/α-hetero) is 1. The largest absolute Gasteiger partial charge is 0.467 e. The van der Waals surface area contributed by atoms with E-state index in [1.165, 1.54) is 7.11 Å². The van der Waals surface area contributed by atoms with Gasteiger partial charge in [0.1, 0.15) is 6.04 Å². The van der Waals surface area contributed by atoms with E-state index >= 15 is 0 Å². The maximum Gasteiger partial charge on any atom is 0.328 e. The SMILES string of the molecule is COC(=O)[C@@H](Cc1ccccc1)NC(=O)CCC(=O)c1ccc(-c2ccccc2)cc1. The van der Waals surface area contributed by atoms with Crippen LogP contribution in [-0.2, 0) is 20.7 Å². The molecule has 0 heterocycles. The molecule has 0 aliphatic rings. The van der Waals surface area contributed by atoms with Crippen LogP contribution in [0.15, 0.2) is 84.9 Å². The van der Waals surface area contributed by atoms with E-state index < -0.39 is 12.0 Å². The predicted octanol–water partition coefficient (Wildman–Crippen LogP) is 4.22. The summed E-state index contributed by atoms with van der Waals surface area (Å²) in [6, 6.07) is 25.8. The third-order valence-corrected chi connectivity index (χ3v) is 5.00. The molecule has 5 nitrogen and oxygen atoms in total. The summed E-state index contributed by atoms with van der Waals surface area (Å²) in [5.74, 6) is -0.993. The molecule has 0 aliphatic carbocycles. The minimum absolute atomic E-state index is 0.00154. The Bertz CT molecular complexity index is 1010. The summed E-state index contributed by atoms with van der Waals surface area (Å²) in [5.41, 5.74) is 3.57. The zero-order valence-electron chi connectivity index (χ0n) is 17.4. The van der Waals surface area contributed by atoms with Gasteiger partial charge in [0.15, 0.2) is 5.78 Å².